The van der Waals surface area contributed by atoms with Gasteiger partial charge < -0.3 is 5.73 Å². The number of piperazine rings is 1. The zero-order valence-electron chi connectivity index (χ0n) is 12.2. The molecule has 20 heavy (non-hydrogen) atoms. The van der Waals surface area contributed by atoms with Crippen LogP contribution in [0, 0.1) is 5.82 Å². The molecule has 5 heteroatoms. The zero-order chi connectivity index (χ0) is 14.8. The Morgan fingerprint density at radius 3 is 2.35 bits per heavy atom. The van der Waals surface area contributed by atoms with E-state index in [0.29, 0.717) is 17.1 Å². The fourth-order valence-electron chi connectivity index (χ4n) is 2.59. The number of halogens is 2. The van der Waals surface area contributed by atoms with Crippen molar-refractivity contribution in [3.05, 3.63) is 34.6 Å². The lowest BCUT2D eigenvalue weighted by atomic mass is 10.1. The Bertz CT molecular complexity index is 431. The third-order valence-corrected chi connectivity index (χ3v) is 3.89. The molecule has 3 nitrogen and oxygen atoms in total. The van der Waals surface area contributed by atoms with E-state index in [0.717, 1.165) is 32.7 Å². The van der Waals surface area contributed by atoms with Crippen LogP contribution in [0.2, 0.25) is 5.02 Å². The number of hydrogen-bond acceptors (Lipinski definition) is 3. The summed E-state index contributed by atoms with van der Waals surface area (Å²) >= 11 is 6.07. The topological polar surface area (TPSA) is 32.5 Å². The first kappa shape index (κ1) is 15.7. The van der Waals surface area contributed by atoms with Gasteiger partial charge in [-0.2, -0.15) is 0 Å². The summed E-state index contributed by atoms with van der Waals surface area (Å²) in [5, 5.41) is 0.510. The van der Waals surface area contributed by atoms with E-state index in [-0.39, 0.29) is 11.4 Å². The van der Waals surface area contributed by atoms with Crippen molar-refractivity contribution in [3.8, 4) is 0 Å². The number of benzene rings is 1. The first-order chi connectivity index (χ1) is 9.35. The van der Waals surface area contributed by atoms with Crippen LogP contribution in [0.4, 0.5) is 4.39 Å². The van der Waals surface area contributed by atoms with Crippen LogP contribution in [0.5, 0.6) is 0 Å². The van der Waals surface area contributed by atoms with E-state index in [1.807, 2.05) is 13.8 Å². The highest BCUT2D eigenvalue weighted by atomic mass is 35.5. The molecule has 1 aromatic rings. The van der Waals surface area contributed by atoms with Crippen molar-refractivity contribution in [3.63, 3.8) is 0 Å². The SMILES string of the molecule is CC(C)(N)CN1CCN(Cc2c(F)cccc2Cl)CC1. The van der Waals surface area contributed by atoms with Gasteiger partial charge >= 0.3 is 0 Å². The van der Waals surface area contributed by atoms with Crippen LogP contribution in [0.3, 0.4) is 0 Å². The third-order valence-electron chi connectivity index (χ3n) is 3.54. The third kappa shape index (κ3) is 4.42. The number of nitrogens with two attached hydrogens (primary N) is 1. The average Bonchev–Trinajstić information content (AvgIpc) is 2.34. The average molecular weight is 300 g/mol. The fraction of sp³-hybridized carbons (Fsp3) is 0.600. The van der Waals surface area contributed by atoms with Crippen molar-refractivity contribution in [1.29, 1.82) is 0 Å². The van der Waals surface area contributed by atoms with E-state index in [1.54, 1.807) is 12.1 Å². The van der Waals surface area contributed by atoms with E-state index in [9.17, 15) is 4.39 Å². The molecule has 0 saturated carbocycles. The minimum Gasteiger partial charge on any atom is -0.324 e. The lowest BCUT2D eigenvalue weighted by Crippen LogP contribution is -2.52. The Hall–Kier alpha value is -0.680. The molecular formula is C15H23ClFN3. The highest BCUT2D eigenvalue weighted by Crippen LogP contribution is 2.21. The molecule has 0 aromatic heterocycles. The Morgan fingerprint density at radius 1 is 1.20 bits per heavy atom. The van der Waals surface area contributed by atoms with Gasteiger partial charge in [0.25, 0.3) is 0 Å². The molecule has 1 fully saturated rings. The van der Waals surface area contributed by atoms with Crippen LogP contribution < -0.4 is 5.73 Å². The molecule has 0 bridgehead atoms. The Morgan fingerprint density at radius 2 is 1.80 bits per heavy atom. The Balaban J connectivity index is 1.89. The molecule has 112 valence electrons. The molecular weight excluding hydrogens is 277 g/mol. The quantitative estimate of drug-likeness (QED) is 0.926. The maximum absolute atomic E-state index is 13.8. The van der Waals surface area contributed by atoms with Crippen molar-refractivity contribution in [1.82, 2.24) is 9.80 Å². The van der Waals surface area contributed by atoms with Crippen molar-refractivity contribution in [2.75, 3.05) is 32.7 Å². The summed E-state index contributed by atoms with van der Waals surface area (Å²) in [6, 6.07) is 4.85. The first-order valence-corrected chi connectivity index (χ1v) is 7.39. The molecule has 1 heterocycles. The van der Waals surface area contributed by atoms with Crippen LogP contribution in [0.1, 0.15) is 19.4 Å². The second-order valence-electron chi connectivity index (χ2n) is 6.24. The molecule has 1 aliphatic heterocycles. The van der Waals surface area contributed by atoms with E-state index < -0.39 is 0 Å². The van der Waals surface area contributed by atoms with E-state index in [2.05, 4.69) is 9.80 Å². The van der Waals surface area contributed by atoms with E-state index in [1.165, 1.54) is 6.07 Å². The summed E-state index contributed by atoms with van der Waals surface area (Å²) in [7, 11) is 0. The van der Waals surface area contributed by atoms with Gasteiger partial charge in [-0.3, -0.25) is 9.80 Å². The van der Waals surface area contributed by atoms with Crippen molar-refractivity contribution in [2.24, 2.45) is 5.73 Å². The van der Waals surface area contributed by atoms with Crippen LogP contribution >= 0.6 is 11.6 Å². The van der Waals surface area contributed by atoms with Gasteiger partial charge in [-0.1, -0.05) is 17.7 Å². The second-order valence-corrected chi connectivity index (χ2v) is 6.65. The summed E-state index contributed by atoms with van der Waals surface area (Å²) in [4.78, 5) is 4.60. The lowest BCUT2D eigenvalue weighted by molar-refractivity contribution is 0.111. The molecule has 0 spiro atoms. The molecule has 0 unspecified atom stereocenters. The largest absolute Gasteiger partial charge is 0.324 e. The van der Waals surface area contributed by atoms with Crippen molar-refractivity contribution >= 4 is 11.6 Å². The Labute approximate surface area is 125 Å². The predicted octanol–water partition coefficient (Wildman–Crippen LogP) is 2.33. The summed E-state index contributed by atoms with van der Waals surface area (Å²) in [5.41, 5.74) is 6.47. The summed E-state index contributed by atoms with van der Waals surface area (Å²) < 4.78 is 13.8. The van der Waals surface area contributed by atoms with Gasteiger partial charge in [0.2, 0.25) is 0 Å². The predicted molar refractivity (Wildman–Crippen MR) is 81.4 cm³/mol. The van der Waals surface area contributed by atoms with Gasteiger partial charge in [-0.15, -0.1) is 0 Å². The molecule has 0 radical (unpaired) electrons. The molecule has 0 amide bonds. The lowest BCUT2D eigenvalue weighted by Gasteiger charge is -2.37. The number of rotatable bonds is 4. The van der Waals surface area contributed by atoms with Gasteiger partial charge in [0.05, 0.1) is 0 Å². The monoisotopic (exact) mass is 299 g/mol. The molecule has 1 aliphatic rings. The number of nitrogens with zero attached hydrogens (tertiary/aromatic N) is 2. The standard InChI is InChI=1S/C15H23ClFN3/c1-15(2,18)11-20-8-6-19(7-9-20)10-12-13(16)4-3-5-14(12)17/h3-5H,6-11,18H2,1-2H3. The molecule has 2 N–H and O–H groups in total. The smallest absolute Gasteiger partial charge is 0.129 e. The van der Waals surface area contributed by atoms with Gasteiger partial charge in [0, 0.05) is 55.4 Å². The molecule has 0 aliphatic carbocycles. The maximum atomic E-state index is 13.8. The van der Waals surface area contributed by atoms with Gasteiger partial charge in [0.1, 0.15) is 5.82 Å². The molecule has 1 aromatic carbocycles. The van der Waals surface area contributed by atoms with Crippen LogP contribution in [0.15, 0.2) is 18.2 Å². The highest BCUT2D eigenvalue weighted by molar-refractivity contribution is 6.31. The summed E-state index contributed by atoms with van der Waals surface area (Å²) in [5.74, 6) is -0.219. The maximum Gasteiger partial charge on any atom is 0.129 e. The summed E-state index contributed by atoms with van der Waals surface area (Å²) in [6.45, 7) is 9.31. The van der Waals surface area contributed by atoms with Gasteiger partial charge in [-0.05, 0) is 26.0 Å². The zero-order valence-corrected chi connectivity index (χ0v) is 13.0. The Kier molecular flexibility index (Phi) is 5.02. The first-order valence-electron chi connectivity index (χ1n) is 7.02. The van der Waals surface area contributed by atoms with Crippen LogP contribution in [-0.4, -0.2) is 48.1 Å². The van der Waals surface area contributed by atoms with Crippen LogP contribution in [0.25, 0.3) is 0 Å². The second kappa shape index (κ2) is 6.39. The fourth-order valence-corrected chi connectivity index (χ4v) is 2.81. The molecule has 1 saturated heterocycles. The molecule has 2 rings (SSSR count). The van der Waals surface area contributed by atoms with Crippen molar-refractivity contribution < 1.29 is 4.39 Å². The van der Waals surface area contributed by atoms with Gasteiger partial charge in [0.15, 0.2) is 0 Å². The van der Waals surface area contributed by atoms with Crippen LogP contribution in [-0.2, 0) is 6.54 Å². The summed E-state index contributed by atoms with van der Waals surface area (Å²) in [6.07, 6.45) is 0. The van der Waals surface area contributed by atoms with E-state index >= 15 is 0 Å². The van der Waals surface area contributed by atoms with E-state index in [4.69, 9.17) is 17.3 Å². The number of hydrogen-bond donors (Lipinski definition) is 1. The minimum atomic E-state index is -0.219. The minimum absolute atomic E-state index is 0.170. The normalized spacial score (nSPS) is 18.4. The van der Waals surface area contributed by atoms with Gasteiger partial charge in [-0.25, -0.2) is 4.39 Å². The molecule has 0 atom stereocenters. The van der Waals surface area contributed by atoms with Crippen molar-refractivity contribution in [2.45, 2.75) is 25.9 Å². The highest BCUT2D eigenvalue weighted by Gasteiger charge is 2.22.